The first kappa shape index (κ1) is 24.0. The number of nitrogens with one attached hydrogen (secondary N) is 1. The van der Waals surface area contributed by atoms with Gasteiger partial charge in [0.25, 0.3) is 0 Å². The Morgan fingerprint density at radius 1 is 0.970 bits per heavy atom. The Hall–Kier alpha value is -2.17. The first-order valence-electron chi connectivity index (χ1n) is 13.0. The van der Waals surface area contributed by atoms with Gasteiger partial charge in [0.15, 0.2) is 0 Å². The molecule has 1 aliphatic heterocycles. The third-order valence-corrected chi connectivity index (χ3v) is 7.60. The standard InChI is InChI=1S/C29H41N3O/c1-3-23-15-17-24(18-16-23)20-30-27(22-31(2)21-25-10-5-4-6-11-25)29(33)32-19-9-13-26-12-7-8-14-28(26)32/h4-6,10-11,15-18,26-28,30H,3,7-9,12-14,19-22H2,1-2H3/t26-,27-,28+/m1/s1. The molecule has 2 aliphatic rings. The number of hydrogen-bond donors (Lipinski definition) is 1. The number of amides is 1. The number of aryl methyl sites for hydroxylation is 1. The molecule has 0 radical (unpaired) electrons. The number of piperidine rings is 1. The monoisotopic (exact) mass is 447 g/mol. The minimum atomic E-state index is -0.190. The van der Waals surface area contributed by atoms with Gasteiger partial charge in [-0.25, -0.2) is 0 Å². The van der Waals surface area contributed by atoms with Gasteiger partial charge in [0, 0.05) is 32.2 Å². The number of hydrogen-bond acceptors (Lipinski definition) is 3. The molecule has 1 saturated carbocycles. The van der Waals surface area contributed by atoms with E-state index in [9.17, 15) is 4.79 Å². The highest BCUT2D eigenvalue weighted by molar-refractivity contribution is 5.82. The van der Waals surface area contributed by atoms with Crippen LogP contribution >= 0.6 is 0 Å². The summed E-state index contributed by atoms with van der Waals surface area (Å²) >= 11 is 0. The van der Waals surface area contributed by atoms with Crippen molar-refractivity contribution in [1.82, 2.24) is 15.1 Å². The Morgan fingerprint density at radius 3 is 2.42 bits per heavy atom. The number of carbonyl (C=O) groups is 1. The van der Waals surface area contributed by atoms with Crippen LogP contribution in [0.1, 0.15) is 62.1 Å². The fraction of sp³-hybridized carbons (Fsp3) is 0.552. The lowest BCUT2D eigenvalue weighted by molar-refractivity contribution is -0.140. The fourth-order valence-electron chi connectivity index (χ4n) is 5.73. The maximum Gasteiger partial charge on any atom is 0.241 e. The van der Waals surface area contributed by atoms with Gasteiger partial charge < -0.3 is 15.1 Å². The molecule has 2 aromatic carbocycles. The van der Waals surface area contributed by atoms with E-state index in [2.05, 4.69) is 83.7 Å². The van der Waals surface area contributed by atoms with E-state index in [1.165, 1.54) is 48.8 Å². The lowest BCUT2D eigenvalue weighted by Crippen LogP contribution is -2.57. The van der Waals surface area contributed by atoms with Crippen molar-refractivity contribution in [2.24, 2.45) is 5.92 Å². The summed E-state index contributed by atoms with van der Waals surface area (Å²) in [4.78, 5) is 18.4. The van der Waals surface area contributed by atoms with Crippen molar-refractivity contribution in [3.8, 4) is 0 Å². The average Bonchev–Trinajstić information content (AvgIpc) is 2.86. The topological polar surface area (TPSA) is 35.6 Å². The van der Waals surface area contributed by atoms with Crippen LogP contribution in [0.3, 0.4) is 0 Å². The van der Waals surface area contributed by atoms with E-state index in [0.29, 0.717) is 24.4 Å². The SMILES string of the molecule is CCc1ccc(CN[C@H](CN(C)Cc2ccccc2)C(=O)N2CCC[C@H]3CCCC[C@@H]32)cc1. The van der Waals surface area contributed by atoms with Crippen LogP contribution in [0.4, 0.5) is 0 Å². The number of fused-ring (bicyclic) bond motifs is 1. The Bertz CT molecular complexity index is 864. The number of likely N-dealkylation sites (N-methyl/N-ethyl adjacent to an activating group) is 1. The smallest absolute Gasteiger partial charge is 0.241 e. The molecule has 4 heteroatoms. The summed E-state index contributed by atoms with van der Waals surface area (Å²) in [5.74, 6) is 1.01. The average molecular weight is 448 g/mol. The van der Waals surface area contributed by atoms with Crippen molar-refractivity contribution < 1.29 is 4.79 Å². The highest BCUT2D eigenvalue weighted by Gasteiger charge is 2.38. The van der Waals surface area contributed by atoms with Crippen LogP contribution in [0.5, 0.6) is 0 Å². The molecule has 3 atom stereocenters. The molecule has 0 unspecified atom stereocenters. The molecule has 1 saturated heterocycles. The van der Waals surface area contributed by atoms with Gasteiger partial charge in [-0.2, -0.15) is 0 Å². The first-order chi connectivity index (χ1) is 16.1. The Balaban J connectivity index is 1.45. The zero-order valence-corrected chi connectivity index (χ0v) is 20.5. The molecule has 0 spiro atoms. The maximum absolute atomic E-state index is 13.9. The lowest BCUT2D eigenvalue weighted by atomic mass is 9.78. The normalized spacial score (nSPS) is 21.6. The second-order valence-corrected chi connectivity index (χ2v) is 10.1. The third kappa shape index (κ3) is 6.45. The summed E-state index contributed by atoms with van der Waals surface area (Å²) in [6, 6.07) is 19.6. The predicted molar refractivity (Wildman–Crippen MR) is 136 cm³/mol. The van der Waals surface area contributed by atoms with Crippen molar-refractivity contribution in [3.63, 3.8) is 0 Å². The first-order valence-corrected chi connectivity index (χ1v) is 13.0. The number of benzene rings is 2. The third-order valence-electron chi connectivity index (χ3n) is 7.60. The van der Waals surface area contributed by atoms with Crippen molar-refractivity contribution in [1.29, 1.82) is 0 Å². The molecule has 33 heavy (non-hydrogen) atoms. The van der Waals surface area contributed by atoms with Gasteiger partial charge in [0.1, 0.15) is 0 Å². The van der Waals surface area contributed by atoms with Gasteiger partial charge in [0.2, 0.25) is 5.91 Å². The molecule has 1 N–H and O–H groups in total. The molecule has 0 bridgehead atoms. The fourth-order valence-corrected chi connectivity index (χ4v) is 5.73. The minimum absolute atomic E-state index is 0.190. The van der Waals surface area contributed by atoms with Crippen LogP contribution in [0, 0.1) is 5.92 Å². The lowest BCUT2D eigenvalue weighted by Gasteiger charge is -2.45. The summed E-state index contributed by atoms with van der Waals surface area (Å²) < 4.78 is 0. The number of nitrogens with zero attached hydrogens (tertiary/aromatic N) is 2. The van der Waals surface area contributed by atoms with Crippen molar-refractivity contribution in [3.05, 3.63) is 71.3 Å². The van der Waals surface area contributed by atoms with Crippen LogP contribution in [0.25, 0.3) is 0 Å². The molecular formula is C29H41N3O. The molecular weight excluding hydrogens is 406 g/mol. The van der Waals surface area contributed by atoms with Gasteiger partial charge in [-0.05, 0) is 61.8 Å². The quantitative estimate of drug-likeness (QED) is 0.586. The van der Waals surface area contributed by atoms with Gasteiger partial charge in [-0.15, -0.1) is 0 Å². The van der Waals surface area contributed by atoms with Crippen molar-refractivity contribution >= 4 is 5.91 Å². The highest BCUT2D eigenvalue weighted by atomic mass is 16.2. The molecule has 1 amide bonds. The summed E-state index contributed by atoms with van der Waals surface area (Å²) in [5, 5.41) is 3.65. The van der Waals surface area contributed by atoms with Crippen LogP contribution in [0.15, 0.2) is 54.6 Å². The zero-order chi connectivity index (χ0) is 23.0. The van der Waals surface area contributed by atoms with Crippen LogP contribution < -0.4 is 5.32 Å². The number of rotatable bonds is 9. The molecule has 4 rings (SSSR count). The Labute approximate surface area is 200 Å². The molecule has 2 fully saturated rings. The van der Waals surface area contributed by atoms with E-state index < -0.39 is 0 Å². The van der Waals surface area contributed by atoms with Gasteiger partial charge in [-0.3, -0.25) is 4.79 Å². The molecule has 178 valence electrons. The largest absolute Gasteiger partial charge is 0.338 e. The van der Waals surface area contributed by atoms with Crippen molar-refractivity contribution in [2.45, 2.75) is 77.0 Å². The van der Waals surface area contributed by atoms with E-state index in [0.717, 1.165) is 32.5 Å². The number of carbonyl (C=O) groups excluding carboxylic acids is 1. The summed E-state index contributed by atoms with van der Waals surface area (Å²) in [7, 11) is 2.13. The Morgan fingerprint density at radius 2 is 1.67 bits per heavy atom. The van der Waals surface area contributed by atoms with Gasteiger partial charge in [-0.1, -0.05) is 74.4 Å². The second-order valence-electron chi connectivity index (χ2n) is 10.1. The molecule has 2 aromatic rings. The van der Waals surface area contributed by atoms with E-state index in [4.69, 9.17) is 0 Å². The molecule has 4 nitrogen and oxygen atoms in total. The predicted octanol–water partition coefficient (Wildman–Crippen LogP) is 5.02. The molecule has 1 heterocycles. The minimum Gasteiger partial charge on any atom is -0.338 e. The maximum atomic E-state index is 13.9. The van der Waals surface area contributed by atoms with E-state index >= 15 is 0 Å². The van der Waals surface area contributed by atoms with E-state index in [-0.39, 0.29) is 6.04 Å². The van der Waals surface area contributed by atoms with E-state index in [1.807, 2.05) is 0 Å². The van der Waals surface area contributed by atoms with E-state index in [1.54, 1.807) is 0 Å². The van der Waals surface area contributed by atoms with Crippen LogP contribution in [0.2, 0.25) is 0 Å². The molecule has 1 aliphatic carbocycles. The van der Waals surface area contributed by atoms with Crippen LogP contribution in [-0.2, 0) is 24.3 Å². The highest BCUT2D eigenvalue weighted by Crippen LogP contribution is 2.35. The molecule has 0 aromatic heterocycles. The zero-order valence-electron chi connectivity index (χ0n) is 20.5. The summed E-state index contributed by atoms with van der Waals surface area (Å²) in [6.45, 7) is 5.40. The summed E-state index contributed by atoms with van der Waals surface area (Å²) in [5.41, 5.74) is 3.88. The van der Waals surface area contributed by atoms with Crippen LogP contribution in [-0.4, -0.2) is 47.9 Å². The van der Waals surface area contributed by atoms with Gasteiger partial charge in [0.05, 0.1) is 6.04 Å². The Kier molecular flexibility index (Phi) is 8.57. The second kappa shape index (κ2) is 11.8. The summed E-state index contributed by atoms with van der Waals surface area (Å²) in [6.07, 6.45) is 8.57. The van der Waals surface area contributed by atoms with Gasteiger partial charge >= 0.3 is 0 Å². The van der Waals surface area contributed by atoms with Crippen molar-refractivity contribution in [2.75, 3.05) is 20.1 Å². The number of likely N-dealkylation sites (tertiary alicyclic amines) is 1.